The van der Waals surface area contributed by atoms with Gasteiger partial charge in [-0.2, -0.15) is 0 Å². The van der Waals surface area contributed by atoms with E-state index in [1.54, 1.807) is 36.7 Å². The maximum atomic E-state index is 12.6. The number of pyridine rings is 1. The van der Waals surface area contributed by atoms with E-state index in [4.69, 9.17) is 17.3 Å². The van der Waals surface area contributed by atoms with Crippen molar-refractivity contribution in [3.05, 3.63) is 71.0 Å². The third-order valence-electron chi connectivity index (χ3n) is 3.19. The standard InChI is InChI=1S/C16H11ClN2O/c17-11-4-5-13(15(18)8-11)16(20)12-3-1-2-10-6-7-19-9-14(10)12/h1-9H,18H2. The maximum absolute atomic E-state index is 12.6. The molecule has 3 rings (SSSR count). The smallest absolute Gasteiger partial charge is 0.195 e. The van der Waals surface area contributed by atoms with Crippen LogP contribution in [-0.2, 0) is 0 Å². The molecule has 2 N–H and O–H groups in total. The van der Waals surface area contributed by atoms with Gasteiger partial charge in [0.25, 0.3) is 0 Å². The summed E-state index contributed by atoms with van der Waals surface area (Å²) < 4.78 is 0. The molecular weight excluding hydrogens is 272 g/mol. The molecule has 3 nitrogen and oxygen atoms in total. The second-order valence-corrected chi connectivity index (χ2v) is 4.90. The normalized spacial score (nSPS) is 10.7. The first kappa shape index (κ1) is 12.6. The Labute approximate surface area is 121 Å². The minimum absolute atomic E-state index is 0.127. The van der Waals surface area contributed by atoms with Crippen LogP contribution in [0.4, 0.5) is 5.69 Å². The number of carbonyl (C=O) groups excluding carboxylic acids is 1. The van der Waals surface area contributed by atoms with E-state index in [9.17, 15) is 4.79 Å². The minimum Gasteiger partial charge on any atom is -0.398 e. The fourth-order valence-corrected chi connectivity index (χ4v) is 2.38. The predicted octanol–water partition coefficient (Wildman–Crippen LogP) is 3.70. The van der Waals surface area contributed by atoms with Gasteiger partial charge in [0.2, 0.25) is 0 Å². The first-order valence-corrected chi connectivity index (χ1v) is 6.47. The molecule has 1 heterocycles. The topological polar surface area (TPSA) is 56.0 Å². The molecule has 1 aromatic heterocycles. The van der Waals surface area contributed by atoms with Crippen molar-refractivity contribution in [2.24, 2.45) is 0 Å². The maximum Gasteiger partial charge on any atom is 0.195 e. The Hall–Kier alpha value is -2.39. The van der Waals surface area contributed by atoms with Crippen molar-refractivity contribution in [3.63, 3.8) is 0 Å². The van der Waals surface area contributed by atoms with Crippen LogP contribution in [0.5, 0.6) is 0 Å². The third kappa shape index (κ3) is 2.12. The molecule has 0 aliphatic carbocycles. The van der Waals surface area contributed by atoms with Gasteiger partial charge in [-0.15, -0.1) is 0 Å². The number of nitrogens with two attached hydrogens (primary N) is 1. The number of anilines is 1. The van der Waals surface area contributed by atoms with Crippen LogP contribution >= 0.6 is 11.6 Å². The van der Waals surface area contributed by atoms with Crippen molar-refractivity contribution in [2.45, 2.75) is 0 Å². The summed E-state index contributed by atoms with van der Waals surface area (Å²) in [4.78, 5) is 16.7. The molecule has 0 bridgehead atoms. The van der Waals surface area contributed by atoms with E-state index in [2.05, 4.69) is 4.98 Å². The molecule has 20 heavy (non-hydrogen) atoms. The van der Waals surface area contributed by atoms with Crippen LogP contribution in [0.1, 0.15) is 15.9 Å². The van der Waals surface area contributed by atoms with Crippen LogP contribution in [-0.4, -0.2) is 10.8 Å². The van der Waals surface area contributed by atoms with Crippen molar-refractivity contribution in [1.29, 1.82) is 0 Å². The van der Waals surface area contributed by atoms with E-state index >= 15 is 0 Å². The van der Waals surface area contributed by atoms with Gasteiger partial charge >= 0.3 is 0 Å². The molecule has 0 aliphatic rings. The second-order valence-electron chi connectivity index (χ2n) is 4.46. The van der Waals surface area contributed by atoms with E-state index in [-0.39, 0.29) is 5.78 Å². The number of nitrogen functional groups attached to an aromatic ring is 1. The van der Waals surface area contributed by atoms with Gasteiger partial charge in [0, 0.05) is 39.6 Å². The number of benzene rings is 2. The van der Waals surface area contributed by atoms with E-state index in [0.29, 0.717) is 21.8 Å². The van der Waals surface area contributed by atoms with Crippen molar-refractivity contribution in [1.82, 2.24) is 4.98 Å². The molecule has 2 aromatic carbocycles. The van der Waals surface area contributed by atoms with Gasteiger partial charge in [-0.1, -0.05) is 29.8 Å². The lowest BCUT2D eigenvalue weighted by Crippen LogP contribution is -2.06. The monoisotopic (exact) mass is 282 g/mol. The highest BCUT2D eigenvalue weighted by Gasteiger charge is 2.15. The second kappa shape index (κ2) is 4.94. The summed E-state index contributed by atoms with van der Waals surface area (Å²) in [6.07, 6.45) is 3.39. The van der Waals surface area contributed by atoms with Crippen molar-refractivity contribution < 1.29 is 4.79 Å². The molecule has 0 saturated heterocycles. The van der Waals surface area contributed by atoms with Gasteiger partial charge in [-0.3, -0.25) is 9.78 Å². The molecule has 0 fully saturated rings. The number of hydrogen-bond donors (Lipinski definition) is 1. The molecule has 0 amide bonds. The Morgan fingerprint density at radius 2 is 1.95 bits per heavy atom. The molecule has 0 saturated carbocycles. The van der Waals surface area contributed by atoms with Crippen molar-refractivity contribution >= 4 is 33.8 Å². The lowest BCUT2D eigenvalue weighted by molar-refractivity contribution is 0.104. The Morgan fingerprint density at radius 3 is 2.75 bits per heavy atom. The largest absolute Gasteiger partial charge is 0.398 e. The summed E-state index contributed by atoms with van der Waals surface area (Å²) in [5, 5.41) is 2.30. The molecule has 4 heteroatoms. The molecule has 0 aliphatic heterocycles. The average Bonchev–Trinajstić information content (AvgIpc) is 2.46. The number of hydrogen-bond acceptors (Lipinski definition) is 3. The highest BCUT2D eigenvalue weighted by Crippen LogP contribution is 2.24. The summed E-state index contributed by atoms with van der Waals surface area (Å²) in [5.41, 5.74) is 7.30. The lowest BCUT2D eigenvalue weighted by atomic mass is 9.97. The molecule has 0 atom stereocenters. The SMILES string of the molecule is Nc1cc(Cl)ccc1C(=O)c1cccc2ccncc12. The first-order valence-electron chi connectivity index (χ1n) is 6.09. The fourth-order valence-electron chi connectivity index (χ4n) is 2.20. The van der Waals surface area contributed by atoms with E-state index in [0.717, 1.165) is 10.8 Å². The highest BCUT2D eigenvalue weighted by atomic mass is 35.5. The third-order valence-corrected chi connectivity index (χ3v) is 3.42. The molecule has 3 aromatic rings. The van der Waals surface area contributed by atoms with Gasteiger partial charge in [0.05, 0.1) is 0 Å². The number of rotatable bonds is 2. The Balaban J connectivity index is 2.18. The summed E-state index contributed by atoms with van der Waals surface area (Å²) in [7, 11) is 0. The van der Waals surface area contributed by atoms with Crippen LogP contribution < -0.4 is 5.73 Å². The number of halogens is 1. The highest BCUT2D eigenvalue weighted by molar-refractivity contribution is 6.31. The molecule has 0 unspecified atom stereocenters. The first-order chi connectivity index (χ1) is 9.66. The van der Waals surface area contributed by atoms with Crippen LogP contribution in [0, 0.1) is 0 Å². The zero-order valence-corrected chi connectivity index (χ0v) is 11.3. The van der Waals surface area contributed by atoms with Crippen molar-refractivity contribution in [2.75, 3.05) is 5.73 Å². The van der Waals surface area contributed by atoms with Gasteiger partial charge in [0.1, 0.15) is 0 Å². The Morgan fingerprint density at radius 1 is 1.10 bits per heavy atom. The Bertz CT molecular complexity index is 809. The van der Waals surface area contributed by atoms with E-state index < -0.39 is 0 Å². The predicted molar refractivity (Wildman–Crippen MR) is 81.0 cm³/mol. The van der Waals surface area contributed by atoms with Gasteiger partial charge in [0.15, 0.2) is 5.78 Å². The Kier molecular flexibility index (Phi) is 3.12. The van der Waals surface area contributed by atoms with Crippen molar-refractivity contribution in [3.8, 4) is 0 Å². The molecule has 98 valence electrons. The lowest BCUT2D eigenvalue weighted by Gasteiger charge is -2.08. The molecule has 0 spiro atoms. The zero-order valence-electron chi connectivity index (χ0n) is 10.5. The van der Waals surface area contributed by atoms with Crippen LogP contribution in [0.3, 0.4) is 0 Å². The number of ketones is 1. The minimum atomic E-state index is -0.127. The number of fused-ring (bicyclic) bond motifs is 1. The van der Waals surface area contributed by atoms with Crippen LogP contribution in [0.2, 0.25) is 5.02 Å². The number of aromatic nitrogens is 1. The van der Waals surface area contributed by atoms with Gasteiger partial charge in [-0.05, 0) is 29.7 Å². The van der Waals surface area contributed by atoms with E-state index in [1.165, 1.54) is 0 Å². The number of carbonyl (C=O) groups is 1. The van der Waals surface area contributed by atoms with Crippen LogP contribution in [0.15, 0.2) is 54.9 Å². The fraction of sp³-hybridized carbons (Fsp3) is 0. The summed E-state index contributed by atoms with van der Waals surface area (Å²) in [5.74, 6) is -0.127. The van der Waals surface area contributed by atoms with E-state index in [1.807, 2.05) is 18.2 Å². The molecule has 0 radical (unpaired) electrons. The summed E-state index contributed by atoms with van der Waals surface area (Å²) >= 11 is 5.86. The quantitative estimate of drug-likeness (QED) is 0.576. The zero-order chi connectivity index (χ0) is 14.1. The van der Waals surface area contributed by atoms with Gasteiger partial charge in [-0.25, -0.2) is 0 Å². The molecular formula is C16H11ClN2O. The summed E-state index contributed by atoms with van der Waals surface area (Å²) in [6, 6.07) is 12.3. The van der Waals surface area contributed by atoms with Crippen LogP contribution in [0.25, 0.3) is 10.8 Å². The number of nitrogens with zero attached hydrogens (tertiary/aromatic N) is 1. The average molecular weight is 283 g/mol. The summed E-state index contributed by atoms with van der Waals surface area (Å²) in [6.45, 7) is 0. The van der Waals surface area contributed by atoms with Gasteiger partial charge < -0.3 is 5.73 Å².